The Labute approximate surface area is 105 Å². The van der Waals surface area contributed by atoms with Crippen LogP contribution in [0.4, 0.5) is 5.69 Å². The zero-order valence-electron chi connectivity index (χ0n) is 9.91. The summed E-state index contributed by atoms with van der Waals surface area (Å²) in [5.74, 6) is 0.398. The molecule has 0 radical (unpaired) electrons. The lowest BCUT2D eigenvalue weighted by molar-refractivity contribution is -0.384. The van der Waals surface area contributed by atoms with Crippen LogP contribution in [-0.4, -0.2) is 35.3 Å². The molecule has 1 aliphatic carbocycles. The molecule has 0 bridgehead atoms. The second-order valence-corrected chi connectivity index (χ2v) is 4.40. The Hall–Kier alpha value is -1.66. The number of aliphatic hydroxyl groups is 1. The number of benzene rings is 1. The molecule has 18 heavy (non-hydrogen) atoms. The van der Waals surface area contributed by atoms with E-state index in [1.165, 1.54) is 25.0 Å². The number of rotatable bonds is 7. The molecule has 1 aromatic carbocycles. The number of ether oxygens (including phenoxy) is 1. The summed E-state index contributed by atoms with van der Waals surface area (Å²) in [6.45, 7) is 0.612. The van der Waals surface area contributed by atoms with Crippen molar-refractivity contribution >= 4 is 5.69 Å². The zero-order chi connectivity index (χ0) is 13.0. The largest absolute Gasteiger partial charge is 0.491 e. The standard InChI is InChI=1S/C12H16N2O4/c15-11(7-13-9-4-5-9)8-18-12-3-1-2-10(6-12)14(16)17/h1-3,6,9,11,13,15H,4-5,7-8H2. The lowest BCUT2D eigenvalue weighted by Crippen LogP contribution is -2.32. The second kappa shape index (κ2) is 5.79. The maximum absolute atomic E-state index is 10.6. The molecule has 0 saturated heterocycles. The number of aliphatic hydroxyl groups excluding tert-OH is 1. The number of hydrogen-bond donors (Lipinski definition) is 2. The highest BCUT2D eigenvalue weighted by Crippen LogP contribution is 2.20. The minimum atomic E-state index is -0.607. The first kappa shape index (κ1) is 12.8. The number of hydrogen-bond acceptors (Lipinski definition) is 5. The molecule has 0 aliphatic heterocycles. The van der Waals surface area contributed by atoms with Crippen LogP contribution in [0.3, 0.4) is 0 Å². The van der Waals surface area contributed by atoms with Crippen LogP contribution in [0.15, 0.2) is 24.3 Å². The molecule has 6 nitrogen and oxygen atoms in total. The molecule has 98 valence electrons. The molecule has 0 spiro atoms. The molecule has 1 aromatic rings. The van der Waals surface area contributed by atoms with E-state index in [1.54, 1.807) is 12.1 Å². The zero-order valence-corrected chi connectivity index (χ0v) is 9.91. The second-order valence-electron chi connectivity index (χ2n) is 4.40. The van der Waals surface area contributed by atoms with E-state index in [9.17, 15) is 15.2 Å². The van der Waals surface area contributed by atoms with Crippen molar-refractivity contribution < 1.29 is 14.8 Å². The van der Waals surface area contributed by atoms with E-state index in [2.05, 4.69) is 5.32 Å². The van der Waals surface area contributed by atoms with Crippen molar-refractivity contribution in [2.24, 2.45) is 0 Å². The van der Waals surface area contributed by atoms with E-state index in [4.69, 9.17) is 4.74 Å². The number of nitrogens with zero attached hydrogens (tertiary/aromatic N) is 1. The first-order valence-corrected chi connectivity index (χ1v) is 5.94. The molecule has 1 aliphatic rings. The van der Waals surface area contributed by atoms with Gasteiger partial charge in [0, 0.05) is 18.7 Å². The van der Waals surface area contributed by atoms with Crippen molar-refractivity contribution in [1.29, 1.82) is 0 Å². The van der Waals surface area contributed by atoms with Crippen LogP contribution in [-0.2, 0) is 0 Å². The quantitative estimate of drug-likeness (QED) is 0.560. The van der Waals surface area contributed by atoms with Crippen LogP contribution in [0.5, 0.6) is 5.75 Å². The highest BCUT2D eigenvalue weighted by Gasteiger charge is 2.21. The van der Waals surface area contributed by atoms with Gasteiger partial charge in [-0.05, 0) is 18.9 Å². The summed E-state index contributed by atoms with van der Waals surface area (Å²) in [4.78, 5) is 10.1. The summed E-state index contributed by atoms with van der Waals surface area (Å²) >= 11 is 0. The van der Waals surface area contributed by atoms with Gasteiger partial charge in [-0.15, -0.1) is 0 Å². The minimum Gasteiger partial charge on any atom is -0.491 e. The molecule has 2 N–H and O–H groups in total. The summed E-state index contributed by atoms with van der Waals surface area (Å²) < 4.78 is 5.32. The van der Waals surface area contributed by atoms with Gasteiger partial charge in [-0.1, -0.05) is 6.07 Å². The molecule has 2 rings (SSSR count). The van der Waals surface area contributed by atoms with Crippen molar-refractivity contribution in [3.63, 3.8) is 0 Å². The minimum absolute atomic E-state index is 0.0157. The van der Waals surface area contributed by atoms with Crippen LogP contribution in [0.2, 0.25) is 0 Å². The topological polar surface area (TPSA) is 84.6 Å². The molecular weight excluding hydrogens is 236 g/mol. The van der Waals surface area contributed by atoms with E-state index in [1.807, 2.05) is 0 Å². The summed E-state index contributed by atoms with van der Waals surface area (Å²) in [6.07, 6.45) is 1.72. The fourth-order valence-corrected chi connectivity index (χ4v) is 1.53. The van der Waals surface area contributed by atoms with Crippen molar-refractivity contribution in [3.8, 4) is 5.75 Å². The third kappa shape index (κ3) is 3.97. The van der Waals surface area contributed by atoms with E-state index in [0.717, 1.165) is 0 Å². The van der Waals surface area contributed by atoms with Gasteiger partial charge in [-0.25, -0.2) is 0 Å². The lowest BCUT2D eigenvalue weighted by atomic mass is 10.3. The van der Waals surface area contributed by atoms with Gasteiger partial charge in [0.05, 0.1) is 11.0 Å². The van der Waals surface area contributed by atoms with Crippen molar-refractivity contribution in [2.75, 3.05) is 13.2 Å². The summed E-state index contributed by atoms with van der Waals surface area (Å²) in [5, 5.41) is 23.4. The number of nitro benzene ring substituents is 1. The Morgan fingerprint density at radius 3 is 3.00 bits per heavy atom. The van der Waals surface area contributed by atoms with Crippen molar-refractivity contribution in [1.82, 2.24) is 5.32 Å². The summed E-state index contributed by atoms with van der Waals surface area (Å²) in [5.41, 5.74) is -0.0157. The summed E-state index contributed by atoms with van der Waals surface area (Å²) in [6, 6.07) is 6.48. The van der Waals surface area contributed by atoms with Crippen LogP contribution in [0, 0.1) is 10.1 Å². The van der Waals surface area contributed by atoms with E-state index < -0.39 is 11.0 Å². The fraction of sp³-hybridized carbons (Fsp3) is 0.500. The van der Waals surface area contributed by atoms with Crippen LogP contribution >= 0.6 is 0 Å². The highest BCUT2D eigenvalue weighted by molar-refractivity contribution is 5.37. The van der Waals surface area contributed by atoms with Gasteiger partial charge in [-0.2, -0.15) is 0 Å². The Morgan fingerprint density at radius 2 is 2.33 bits per heavy atom. The third-order valence-corrected chi connectivity index (χ3v) is 2.69. The van der Waals surface area contributed by atoms with Gasteiger partial charge in [0.2, 0.25) is 0 Å². The van der Waals surface area contributed by atoms with Gasteiger partial charge >= 0.3 is 0 Å². The molecule has 0 heterocycles. The molecule has 0 amide bonds. The van der Waals surface area contributed by atoms with E-state index >= 15 is 0 Å². The smallest absolute Gasteiger partial charge is 0.273 e. The number of non-ortho nitro benzene ring substituents is 1. The maximum Gasteiger partial charge on any atom is 0.273 e. The van der Waals surface area contributed by atoms with Crippen LogP contribution in [0.1, 0.15) is 12.8 Å². The Kier molecular flexibility index (Phi) is 4.11. The Morgan fingerprint density at radius 1 is 1.56 bits per heavy atom. The van der Waals surface area contributed by atoms with Crippen LogP contribution in [0.25, 0.3) is 0 Å². The number of nitrogens with one attached hydrogen (secondary N) is 1. The molecule has 1 saturated carbocycles. The fourth-order valence-electron chi connectivity index (χ4n) is 1.53. The molecule has 1 unspecified atom stereocenters. The maximum atomic E-state index is 10.6. The summed E-state index contributed by atoms with van der Waals surface area (Å²) in [7, 11) is 0. The third-order valence-electron chi connectivity index (χ3n) is 2.69. The number of nitro groups is 1. The van der Waals surface area contributed by atoms with Crippen molar-refractivity contribution in [3.05, 3.63) is 34.4 Å². The molecule has 1 atom stereocenters. The van der Waals surface area contributed by atoms with Gasteiger partial charge in [0.15, 0.2) is 0 Å². The molecule has 1 fully saturated rings. The van der Waals surface area contributed by atoms with Crippen LogP contribution < -0.4 is 10.1 Å². The van der Waals surface area contributed by atoms with Gasteiger partial charge < -0.3 is 15.2 Å². The first-order valence-electron chi connectivity index (χ1n) is 5.94. The van der Waals surface area contributed by atoms with Gasteiger partial charge in [0.25, 0.3) is 5.69 Å². The monoisotopic (exact) mass is 252 g/mol. The molecular formula is C12H16N2O4. The first-order chi connectivity index (χ1) is 8.65. The highest BCUT2D eigenvalue weighted by atomic mass is 16.6. The average Bonchev–Trinajstić information content (AvgIpc) is 3.18. The lowest BCUT2D eigenvalue weighted by Gasteiger charge is -2.12. The predicted molar refractivity (Wildman–Crippen MR) is 65.6 cm³/mol. The average molecular weight is 252 g/mol. The molecule has 6 heteroatoms. The SMILES string of the molecule is O=[N+]([O-])c1cccc(OCC(O)CNC2CC2)c1. The predicted octanol–water partition coefficient (Wildman–Crippen LogP) is 1.09. The molecule has 0 aromatic heterocycles. The van der Waals surface area contributed by atoms with Gasteiger partial charge in [-0.3, -0.25) is 10.1 Å². The Bertz CT molecular complexity index is 420. The normalized spacial score (nSPS) is 16.3. The van der Waals surface area contributed by atoms with E-state index in [0.29, 0.717) is 18.3 Å². The van der Waals surface area contributed by atoms with E-state index in [-0.39, 0.29) is 12.3 Å². The Balaban J connectivity index is 1.77. The van der Waals surface area contributed by atoms with Gasteiger partial charge in [0.1, 0.15) is 18.5 Å². The van der Waals surface area contributed by atoms with Crippen molar-refractivity contribution in [2.45, 2.75) is 25.0 Å².